The van der Waals surface area contributed by atoms with E-state index < -0.39 is 5.91 Å². The van der Waals surface area contributed by atoms with E-state index in [1.54, 1.807) is 19.2 Å². The second kappa shape index (κ2) is 10.7. The summed E-state index contributed by atoms with van der Waals surface area (Å²) in [5.74, 6) is 0.566. The van der Waals surface area contributed by atoms with Crippen molar-refractivity contribution >= 4 is 17.6 Å². The van der Waals surface area contributed by atoms with Crippen LogP contribution in [0.5, 0.6) is 5.75 Å². The number of guanidine groups is 1. The number of primary amides is 1. The Bertz CT molecular complexity index is 934. The summed E-state index contributed by atoms with van der Waals surface area (Å²) in [6, 6.07) is 12.8. The molecule has 0 spiro atoms. The lowest BCUT2D eigenvalue weighted by molar-refractivity contribution is -0.119. The number of piperidine rings is 1. The fourth-order valence-electron chi connectivity index (χ4n) is 3.65. The van der Waals surface area contributed by atoms with Crippen LogP contribution < -0.4 is 26.0 Å². The Hall–Kier alpha value is -3.29. The van der Waals surface area contributed by atoms with E-state index in [9.17, 15) is 9.18 Å². The van der Waals surface area contributed by atoms with Gasteiger partial charge >= 0.3 is 0 Å². The number of hydrogen-bond donors (Lipinski definition) is 3. The minimum absolute atomic E-state index is 0.153. The smallest absolute Gasteiger partial charge is 0.255 e. The van der Waals surface area contributed by atoms with Gasteiger partial charge in [-0.15, -0.1) is 0 Å². The van der Waals surface area contributed by atoms with Crippen LogP contribution in [0.4, 0.5) is 10.1 Å². The zero-order valence-corrected chi connectivity index (χ0v) is 18.0. The van der Waals surface area contributed by atoms with E-state index in [-0.39, 0.29) is 18.5 Å². The van der Waals surface area contributed by atoms with Crippen molar-refractivity contribution in [3.63, 3.8) is 0 Å². The van der Waals surface area contributed by atoms with Gasteiger partial charge in [-0.05, 0) is 55.2 Å². The summed E-state index contributed by atoms with van der Waals surface area (Å²) in [7, 11) is 1.72. The number of aryl methyl sites for hydroxylation is 1. The lowest BCUT2D eigenvalue weighted by atomic mass is 10.0. The molecule has 1 aliphatic heterocycles. The molecule has 0 aromatic heterocycles. The normalized spacial score (nSPS) is 16.7. The van der Waals surface area contributed by atoms with Crippen molar-refractivity contribution in [3.8, 4) is 5.75 Å². The lowest BCUT2D eigenvalue weighted by Crippen LogP contribution is -2.51. The number of aliphatic imine (C=N–C) groups is 1. The summed E-state index contributed by atoms with van der Waals surface area (Å²) in [5, 5.41) is 6.75. The molecule has 0 saturated carbocycles. The highest BCUT2D eigenvalue weighted by Crippen LogP contribution is 2.24. The van der Waals surface area contributed by atoms with E-state index in [1.165, 1.54) is 6.07 Å². The van der Waals surface area contributed by atoms with E-state index >= 15 is 0 Å². The van der Waals surface area contributed by atoms with Crippen LogP contribution in [0.1, 0.15) is 24.0 Å². The van der Waals surface area contributed by atoms with E-state index in [4.69, 9.17) is 10.5 Å². The van der Waals surface area contributed by atoms with Crippen molar-refractivity contribution in [1.29, 1.82) is 0 Å². The fourth-order valence-corrected chi connectivity index (χ4v) is 3.65. The van der Waals surface area contributed by atoms with E-state index in [0.717, 1.165) is 30.5 Å². The predicted molar refractivity (Wildman–Crippen MR) is 121 cm³/mol. The second-order valence-electron chi connectivity index (χ2n) is 7.71. The third-order valence-corrected chi connectivity index (χ3v) is 5.17. The molecular weight excluding hydrogens is 397 g/mol. The van der Waals surface area contributed by atoms with Gasteiger partial charge in [0.25, 0.3) is 5.91 Å². The molecule has 1 unspecified atom stereocenters. The minimum atomic E-state index is -0.514. The number of carbonyl (C=O) groups excluding carboxylic acids is 1. The number of benzene rings is 2. The summed E-state index contributed by atoms with van der Waals surface area (Å²) in [6.45, 7) is 3.90. The Morgan fingerprint density at radius 2 is 2.16 bits per heavy atom. The molecule has 8 heteroatoms. The molecule has 0 radical (unpaired) electrons. The van der Waals surface area contributed by atoms with Gasteiger partial charge in [-0.1, -0.05) is 18.2 Å². The number of ether oxygens (including phenoxy) is 1. The first-order chi connectivity index (χ1) is 14.9. The van der Waals surface area contributed by atoms with Crippen molar-refractivity contribution in [1.82, 2.24) is 10.6 Å². The van der Waals surface area contributed by atoms with Gasteiger partial charge in [0.1, 0.15) is 11.6 Å². The highest BCUT2D eigenvalue weighted by atomic mass is 19.1. The first-order valence-electron chi connectivity index (χ1n) is 10.4. The van der Waals surface area contributed by atoms with Crippen LogP contribution in [-0.2, 0) is 11.3 Å². The molecular formula is C23H30FN5O2. The molecule has 1 amide bonds. The molecule has 4 N–H and O–H groups in total. The summed E-state index contributed by atoms with van der Waals surface area (Å²) in [6.07, 6.45) is 1.96. The number of nitrogens with zero attached hydrogens (tertiary/aromatic N) is 2. The lowest BCUT2D eigenvalue weighted by Gasteiger charge is -2.35. The van der Waals surface area contributed by atoms with Gasteiger partial charge in [0.05, 0.1) is 5.69 Å². The van der Waals surface area contributed by atoms with Gasteiger partial charge in [-0.25, -0.2) is 4.39 Å². The predicted octanol–water partition coefficient (Wildman–Crippen LogP) is 2.33. The Morgan fingerprint density at radius 3 is 2.94 bits per heavy atom. The Morgan fingerprint density at radius 1 is 1.32 bits per heavy atom. The molecule has 2 aromatic carbocycles. The van der Waals surface area contributed by atoms with Gasteiger partial charge in [0.15, 0.2) is 12.6 Å². The van der Waals surface area contributed by atoms with Gasteiger partial charge in [-0.2, -0.15) is 0 Å². The van der Waals surface area contributed by atoms with Crippen LogP contribution in [0.2, 0.25) is 0 Å². The van der Waals surface area contributed by atoms with Crippen molar-refractivity contribution in [3.05, 3.63) is 59.4 Å². The molecule has 2 aromatic rings. The van der Waals surface area contributed by atoms with E-state index in [2.05, 4.69) is 20.5 Å². The minimum Gasteiger partial charge on any atom is -0.484 e. The molecule has 1 atom stereocenters. The second-order valence-corrected chi connectivity index (χ2v) is 7.71. The van der Waals surface area contributed by atoms with Crippen LogP contribution in [0.3, 0.4) is 0 Å². The number of amides is 1. The van der Waals surface area contributed by atoms with E-state index in [1.807, 2.05) is 31.2 Å². The van der Waals surface area contributed by atoms with Crippen LogP contribution in [0.15, 0.2) is 47.5 Å². The number of nitrogens with one attached hydrogen (secondary N) is 2. The first-order valence-corrected chi connectivity index (χ1v) is 10.4. The molecule has 166 valence electrons. The van der Waals surface area contributed by atoms with Gasteiger partial charge in [0, 0.05) is 32.7 Å². The molecule has 31 heavy (non-hydrogen) atoms. The van der Waals surface area contributed by atoms with Crippen molar-refractivity contribution in [2.24, 2.45) is 10.7 Å². The maximum atomic E-state index is 14.3. The Balaban J connectivity index is 1.56. The van der Waals surface area contributed by atoms with Gasteiger partial charge < -0.3 is 26.0 Å². The summed E-state index contributed by atoms with van der Waals surface area (Å²) in [4.78, 5) is 17.3. The van der Waals surface area contributed by atoms with E-state index in [0.29, 0.717) is 30.5 Å². The van der Waals surface area contributed by atoms with Crippen LogP contribution in [0.25, 0.3) is 0 Å². The number of carbonyl (C=O) groups is 1. The molecule has 3 rings (SSSR count). The van der Waals surface area contributed by atoms with Crippen LogP contribution in [0, 0.1) is 12.7 Å². The third-order valence-electron chi connectivity index (χ3n) is 5.17. The number of anilines is 1. The molecule has 0 bridgehead atoms. The van der Waals surface area contributed by atoms with Gasteiger partial charge in [-0.3, -0.25) is 9.79 Å². The quantitative estimate of drug-likeness (QED) is 0.466. The number of halogens is 1. The largest absolute Gasteiger partial charge is 0.484 e. The maximum absolute atomic E-state index is 14.3. The molecule has 1 saturated heterocycles. The molecule has 1 heterocycles. The fraction of sp³-hybridized carbons (Fsp3) is 0.391. The average Bonchev–Trinajstić information content (AvgIpc) is 2.77. The van der Waals surface area contributed by atoms with Gasteiger partial charge in [0.2, 0.25) is 0 Å². The summed E-state index contributed by atoms with van der Waals surface area (Å²) in [5.41, 5.74) is 7.81. The third kappa shape index (κ3) is 6.60. The Labute approximate surface area is 182 Å². The monoisotopic (exact) mass is 427 g/mol. The molecule has 0 aliphatic carbocycles. The van der Waals surface area contributed by atoms with Crippen LogP contribution >= 0.6 is 0 Å². The van der Waals surface area contributed by atoms with Crippen molar-refractivity contribution in [2.45, 2.75) is 32.4 Å². The molecule has 1 fully saturated rings. The SMILES string of the molecule is CN=C(NCc1cccc(OCC(N)=O)c1)NC1CCCN(c2cc(C)ccc2F)C1. The average molecular weight is 428 g/mol. The molecule has 7 nitrogen and oxygen atoms in total. The Kier molecular flexibility index (Phi) is 7.70. The van der Waals surface area contributed by atoms with Crippen molar-refractivity contribution < 1.29 is 13.9 Å². The summed E-state index contributed by atoms with van der Waals surface area (Å²) >= 11 is 0. The zero-order valence-electron chi connectivity index (χ0n) is 18.0. The topological polar surface area (TPSA) is 92.0 Å². The number of nitrogens with two attached hydrogens (primary N) is 1. The maximum Gasteiger partial charge on any atom is 0.255 e. The first kappa shape index (κ1) is 22.4. The zero-order chi connectivity index (χ0) is 22.2. The molecule has 1 aliphatic rings. The number of hydrogen-bond acceptors (Lipinski definition) is 4. The standard InChI is InChI=1S/C23H30FN5O2/c1-16-8-9-20(24)21(11-16)29-10-4-6-18(14-29)28-23(26-2)27-13-17-5-3-7-19(12-17)31-15-22(25)30/h3,5,7-9,11-12,18H,4,6,10,13-15H2,1-2H3,(H2,25,30)(H2,26,27,28). The van der Waals surface area contributed by atoms with Crippen molar-refractivity contribution in [2.75, 3.05) is 31.6 Å². The van der Waals surface area contributed by atoms with Crippen LogP contribution in [-0.4, -0.2) is 44.7 Å². The highest BCUT2D eigenvalue weighted by Gasteiger charge is 2.23. The number of rotatable bonds is 7. The summed E-state index contributed by atoms with van der Waals surface area (Å²) < 4.78 is 19.7. The highest BCUT2D eigenvalue weighted by molar-refractivity contribution is 5.80.